The fourth-order valence-electron chi connectivity index (χ4n) is 3.86. The Morgan fingerprint density at radius 3 is 2.82 bits per heavy atom. The zero-order chi connectivity index (χ0) is 19.3. The number of nitrogens with one attached hydrogen (secondary N) is 2. The first kappa shape index (κ1) is 18.0. The van der Waals surface area contributed by atoms with Crippen LogP contribution in [-0.2, 0) is 13.0 Å². The zero-order valence-electron chi connectivity index (χ0n) is 15.4. The standard InChI is InChI=1S/C21H20BrN3O2S/c1-2-25-10-9-14-17(11-25)28-21-18(14)20(26)23-19(24-21)16-8-7-15(27-16)12-3-5-13(22)6-4-12/h3-8,19,24H,2,9-11H2,1H3,(H,23,26)/t19-/m0/s1. The van der Waals surface area contributed by atoms with Crippen molar-refractivity contribution in [3.05, 3.63) is 62.6 Å². The lowest BCUT2D eigenvalue weighted by molar-refractivity contribution is 0.0930. The maximum absolute atomic E-state index is 12.9. The predicted octanol–water partition coefficient (Wildman–Crippen LogP) is 5.00. The Morgan fingerprint density at radius 1 is 1.21 bits per heavy atom. The van der Waals surface area contributed by atoms with Gasteiger partial charge in [0.05, 0.1) is 5.56 Å². The van der Waals surface area contributed by atoms with E-state index in [1.54, 1.807) is 11.3 Å². The van der Waals surface area contributed by atoms with E-state index < -0.39 is 0 Å². The van der Waals surface area contributed by atoms with Crippen molar-refractivity contribution in [2.24, 2.45) is 0 Å². The molecule has 144 valence electrons. The molecule has 2 aromatic heterocycles. The third-order valence-electron chi connectivity index (χ3n) is 5.40. The molecule has 5 rings (SSSR count). The molecule has 0 aliphatic carbocycles. The highest BCUT2D eigenvalue weighted by molar-refractivity contribution is 9.10. The van der Waals surface area contributed by atoms with Gasteiger partial charge in [-0.1, -0.05) is 35.0 Å². The molecule has 1 aromatic carbocycles. The number of benzene rings is 1. The van der Waals surface area contributed by atoms with Crippen molar-refractivity contribution in [3.63, 3.8) is 0 Å². The number of likely N-dealkylation sites (N-methyl/N-ethyl adjacent to an activating group) is 1. The molecule has 1 atom stereocenters. The van der Waals surface area contributed by atoms with Gasteiger partial charge in [-0.15, -0.1) is 11.3 Å². The Morgan fingerprint density at radius 2 is 2.04 bits per heavy atom. The second-order valence-corrected chi connectivity index (χ2v) is 9.11. The number of nitrogens with zero attached hydrogens (tertiary/aromatic N) is 1. The Balaban J connectivity index is 1.42. The summed E-state index contributed by atoms with van der Waals surface area (Å²) in [5.41, 5.74) is 3.04. The van der Waals surface area contributed by atoms with Gasteiger partial charge in [-0.05, 0) is 42.8 Å². The molecule has 7 heteroatoms. The molecule has 1 amide bonds. The summed E-state index contributed by atoms with van der Waals surface area (Å²) in [4.78, 5) is 16.6. The molecule has 0 fully saturated rings. The van der Waals surface area contributed by atoms with Gasteiger partial charge in [0.2, 0.25) is 0 Å². The number of amides is 1. The van der Waals surface area contributed by atoms with E-state index >= 15 is 0 Å². The summed E-state index contributed by atoms with van der Waals surface area (Å²) in [6.45, 7) is 5.16. The number of carbonyl (C=O) groups is 1. The van der Waals surface area contributed by atoms with E-state index in [0.29, 0.717) is 5.76 Å². The molecule has 0 unspecified atom stereocenters. The van der Waals surface area contributed by atoms with E-state index in [1.807, 2.05) is 36.4 Å². The highest BCUT2D eigenvalue weighted by Crippen LogP contribution is 2.41. The molecule has 0 radical (unpaired) electrons. The number of halogens is 1. The Hall–Kier alpha value is -2.09. The van der Waals surface area contributed by atoms with Gasteiger partial charge in [0, 0.05) is 28.0 Å². The lowest BCUT2D eigenvalue weighted by Gasteiger charge is -2.27. The number of rotatable bonds is 3. The predicted molar refractivity (Wildman–Crippen MR) is 115 cm³/mol. The molecular weight excluding hydrogens is 438 g/mol. The van der Waals surface area contributed by atoms with Gasteiger partial charge in [-0.2, -0.15) is 0 Å². The highest BCUT2D eigenvalue weighted by atomic mass is 79.9. The number of thiophene rings is 1. The number of hydrogen-bond acceptors (Lipinski definition) is 5. The lowest BCUT2D eigenvalue weighted by Crippen LogP contribution is -2.38. The molecular formula is C21H20BrN3O2S. The molecule has 2 aliphatic rings. The quantitative estimate of drug-likeness (QED) is 0.580. The fourth-order valence-corrected chi connectivity index (χ4v) is 5.44. The van der Waals surface area contributed by atoms with E-state index in [-0.39, 0.29) is 12.1 Å². The highest BCUT2D eigenvalue weighted by Gasteiger charge is 2.34. The number of fused-ring (bicyclic) bond motifs is 3. The van der Waals surface area contributed by atoms with E-state index in [1.165, 1.54) is 10.4 Å². The molecule has 0 spiro atoms. The normalized spacial score (nSPS) is 18.9. The minimum Gasteiger partial charge on any atom is -0.457 e. The van der Waals surface area contributed by atoms with Crippen molar-refractivity contribution in [3.8, 4) is 11.3 Å². The smallest absolute Gasteiger partial charge is 0.256 e. The number of hydrogen-bond donors (Lipinski definition) is 2. The molecule has 5 nitrogen and oxygen atoms in total. The van der Waals surface area contributed by atoms with Crippen LogP contribution in [0.1, 0.15) is 39.6 Å². The van der Waals surface area contributed by atoms with Crippen molar-refractivity contribution in [1.29, 1.82) is 0 Å². The van der Waals surface area contributed by atoms with Crippen LogP contribution in [-0.4, -0.2) is 23.9 Å². The monoisotopic (exact) mass is 457 g/mol. The van der Waals surface area contributed by atoms with Crippen LogP contribution in [0.25, 0.3) is 11.3 Å². The maximum atomic E-state index is 12.9. The van der Waals surface area contributed by atoms with Gasteiger partial charge in [0.1, 0.15) is 16.5 Å². The van der Waals surface area contributed by atoms with E-state index in [0.717, 1.165) is 52.4 Å². The van der Waals surface area contributed by atoms with E-state index in [2.05, 4.69) is 38.4 Å². The lowest BCUT2D eigenvalue weighted by atomic mass is 10.0. The minimum atomic E-state index is -0.355. The average Bonchev–Trinajstić information content (AvgIpc) is 3.32. The number of anilines is 1. The van der Waals surface area contributed by atoms with E-state index in [4.69, 9.17) is 4.42 Å². The van der Waals surface area contributed by atoms with Crippen molar-refractivity contribution in [2.45, 2.75) is 26.1 Å². The summed E-state index contributed by atoms with van der Waals surface area (Å²) < 4.78 is 7.08. The van der Waals surface area contributed by atoms with Crippen LogP contribution in [0.15, 0.2) is 45.3 Å². The molecule has 0 saturated carbocycles. The summed E-state index contributed by atoms with van der Waals surface area (Å²) >= 11 is 5.15. The fraction of sp³-hybridized carbons (Fsp3) is 0.286. The van der Waals surface area contributed by atoms with Crippen LogP contribution in [0, 0.1) is 0 Å². The van der Waals surface area contributed by atoms with E-state index in [9.17, 15) is 4.79 Å². The average molecular weight is 458 g/mol. The van der Waals surface area contributed by atoms with Gasteiger partial charge in [-0.3, -0.25) is 9.69 Å². The van der Waals surface area contributed by atoms with Gasteiger partial charge in [0.15, 0.2) is 6.17 Å². The topological polar surface area (TPSA) is 57.5 Å². The van der Waals surface area contributed by atoms with Crippen molar-refractivity contribution < 1.29 is 9.21 Å². The largest absolute Gasteiger partial charge is 0.457 e. The van der Waals surface area contributed by atoms with Crippen LogP contribution in [0.4, 0.5) is 5.00 Å². The molecule has 2 N–H and O–H groups in total. The first-order valence-electron chi connectivity index (χ1n) is 9.42. The van der Waals surface area contributed by atoms with Crippen LogP contribution in [0.5, 0.6) is 0 Å². The summed E-state index contributed by atoms with van der Waals surface area (Å²) in [6, 6.07) is 11.8. The van der Waals surface area contributed by atoms with Crippen molar-refractivity contribution in [2.75, 3.05) is 18.4 Å². The van der Waals surface area contributed by atoms with Crippen LogP contribution in [0.2, 0.25) is 0 Å². The van der Waals surface area contributed by atoms with Gasteiger partial charge in [-0.25, -0.2) is 0 Å². The van der Waals surface area contributed by atoms with Gasteiger partial charge in [0.25, 0.3) is 5.91 Å². The molecule has 4 heterocycles. The van der Waals surface area contributed by atoms with Gasteiger partial charge < -0.3 is 15.1 Å². The third-order valence-corrected chi connectivity index (χ3v) is 7.08. The molecule has 3 aromatic rings. The van der Waals surface area contributed by atoms with Crippen LogP contribution >= 0.6 is 27.3 Å². The summed E-state index contributed by atoms with van der Waals surface area (Å²) in [7, 11) is 0. The van der Waals surface area contributed by atoms with Crippen molar-refractivity contribution in [1.82, 2.24) is 10.2 Å². The third kappa shape index (κ3) is 3.07. The first-order chi connectivity index (χ1) is 13.6. The Kier molecular flexibility index (Phi) is 4.53. The maximum Gasteiger partial charge on any atom is 0.256 e. The van der Waals surface area contributed by atoms with Gasteiger partial charge >= 0.3 is 0 Å². The molecule has 2 aliphatic heterocycles. The number of furan rings is 1. The Labute approximate surface area is 175 Å². The second-order valence-electron chi connectivity index (χ2n) is 7.09. The van der Waals surface area contributed by atoms with Crippen LogP contribution < -0.4 is 10.6 Å². The SMILES string of the molecule is CCN1CCc2c(sc3c2C(=O)N[C@H](c2ccc(-c4ccc(Br)cc4)o2)N3)C1. The minimum absolute atomic E-state index is 0.0113. The summed E-state index contributed by atoms with van der Waals surface area (Å²) in [6.07, 6.45) is 0.579. The zero-order valence-corrected chi connectivity index (χ0v) is 17.8. The summed E-state index contributed by atoms with van der Waals surface area (Å²) in [5, 5.41) is 7.50. The molecule has 0 saturated heterocycles. The van der Waals surface area contributed by atoms with Crippen molar-refractivity contribution >= 4 is 38.2 Å². The Bertz CT molecular complexity index is 1040. The summed E-state index contributed by atoms with van der Waals surface area (Å²) in [5.74, 6) is 1.48. The molecule has 0 bridgehead atoms. The van der Waals surface area contributed by atoms with Crippen LogP contribution in [0.3, 0.4) is 0 Å². The second kappa shape index (κ2) is 7.06. The number of carbonyl (C=O) groups excluding carboxylic acids is 1. The first-order valence-corrected chi connectivity index (χ1v) is 11.0. The molecule has 28 heavy (non-hydrogen) atoms.